The van der Waals surface area contributed by atoms with E-state index in [1.165, 1.54) is 0 Å². The highest BCUT2D eigenvalue weighted by Crippen LogP contribution is 2.07. The van der Waals surface area contributed by atoms with Crippen LogP contribution in [0.25, 0.3) is 0 Å². The first-order valence-electron chi connectivity index (χ1n) is 3.59. The van der Waals surface area contributed by atoms with Crippen molar-refractivity contribution in [3.05, 3.63) is 25.3 Å². The molecule has 0 spiro atoms. The first kappa shape index (κ1) is 9.44. The van der Waals surface area contributed by atoms with Crippen molar-refractivity contribution in [2.45, 2.75) is 25.8 Å². The van der Waals surface area contributed by atoms with Crippen LogP contribution < -0.4 is 5.32 Å². The van der Waals surface area contributed by atoms with Crippen molar-refractivity contribution in [3.8, 4) is 0 Å². The minimum absolute atomic E-state index is 0.163. The van der Waals surface area contributed by atoms with Gasteiger partial charge in [0.15, 0.2) is 0 Å². The molecule has 0 unspecified atom stereocenters. The molecule has 0 saturated carbocycles. The lowest BCUT2D eigenvalue weighted by Crippen LogP contribution is -2.38. The van der Waals surface area contributed by atoms with E-state index in [9.17, 15) is 0 Å². The van der Waals surface area contributed by atoms with Crippen molar-refractivity contribution >= 4 is 0 Å². The molecule has 0 heterocycles. The van der Waals surface area contributed by atoms with Gasteiger partial charge in [-0.15, -0.1) is 13.2 Å². The summed E-state index contributed by atoms with van der Waals surface area (Å²) in [7, 11) is 0. The lowest BCUT2D eigenvalue weighted by molar-refractivity contribution is 0.413. The molecule has 0 aliphatic heterocycles. The lowest BCUT2D eigenvalue weighted by Gasteiger charge is -2.23. The molecule has 0 aliphatic carbocycles. The van der Waals surface area contributed by atoms with Crippen LogP contribution in [0, 0.1) is 0 Å². The van der Waals surface area contributed by atoms with Gasteiger partial charge in [0, 0.05) is 12.1 Å². The Morgan fingerprint density at radius 2 is 1.90 bits per heavy atom. The summed E-state index contributed by atoms with van der Waals surface area (Å²) in [5.41, 5.74) is 0.163. The predicted octanol–water partition coefficient (Wildman–Crippen LogP) is 2.12. The van der Waals surface area contributed by atoms with Gasteiger partial charge in [-0.25, -0.2) is 0 Å². The molecular formula is C9H17N. The molecule has 0 rings (SSSR count). The average molecular weight is 139 g/mol. The van der Waals surface area contributed by atoms with Crippen molar-refractivity contribution in [1.82, 2.24) is 5.32 Å². The Hall–Kier alpha value is -0.560. The molecule has 1 N–H and O–H groups in total. The maximum absolute atomic E-state index is 3.69. The summed E-state index contributed by atoms with van der Waals surface area (Å²) in [4.78, 5) is 0. The molecule has 0 bridgehead atoms. The highest BCUT2D eigenvalue weighted by atomic mass is 14.9. The molecule has 0 fully saturated rings. The second-order valence-electron chi connectivity index (χ2n) is 3.05. The topological polar surface area (TPSA) is 12.0 Å². The molecule has 0 amide bonds. The zero-order valence-electron chi connectivity index (χ0n) is 6.98. The fourth-order valence-electron chi connectivity index (χ4n) is 0.781. The molecule has 10 heavy (non-hydrogen) atoms. The van der Waals surface area contributed by atoms with Crippen molar-refractivity contribution < 1.29 is 0 Å². The smallest absolute Gasteiger partial charge is 0.0162 e. The fraction of sp³-hybridized carbons (Fsp3) is 0.556. The molecule has 0 aromatic heterocycles. The summed E-state index contributed by atoms with van der Waals surface area (Å²) in [6.07, 6.45) is 4.78. The van der Waals surface area contributed by atoms with E-state index in [4.69, 9.17) is 0 Å². The average Bonchev–Trinajstić information content (AvgIpc) is 1.84. The first-order valence-corrected chi connectivity index (χ1v) is 3.59. The third-order valence-corrected chi connectivity index (χ3v) is 1.38. The first-order chi connectivity index (χ1) is 4.62. The van der Waals surface area contributed by atoms with Crippen LogP contribution in [-0.4, -0.2) is 12.1 Å². The maximum atomic E-state index is 3.69. The van der Waals surface area contributed by atoms with Gasteiger partial charge in [0.25, 0.3) is 0 Å². The number of rotatable bonds is 5. The molecule has 1 heteroatoms. The number of hydrogen-bond donors (Lipinski definition) is 1. The zero-order chi connectivity index (χ0) is 8.04. The third kappa shape index (κ3) is 4.33. The van der Waals surface area contributed by atoms with E-state index in [0.29, 0.717) is 0 Å². The van der Waals surface area contributed by atoms with Gasteiger partial charge in [-0.1, -0.05) is 12.2 Å². The summed E-state index contributed by atoms with van der Waals surface area (Å²) < 4.78 is 0. The number of nitrogens with one attached hydrogen (secondary N) is 1. The Labute approximate surface area is 63.8 Å². The van der Waals surface area contributed by atoms with Crippen LogP contribution >= 0.6 is 0 Å². The summed E-state index contributed by atoms with van der Waals surface area (Å²) in [5.74, 6) is 0. The van der Waals surface area contributed by atoms with Crippen LogP contribution in [0.2, 0.25) is 0 Å². The standard InChI is InChI=1S/C9H17N/c1-5-7-9(3,4)10-8-6-2/h5-6,10H,1-2,7-8H2,3-4H3. The van der Waals surface area contributed by atoms with Crippen molar-refractivity contribution in [2.75, 3.05) is 6.54 Å². The van der Waals surface area contributed by atoms with Crippen molar-refractivity contribution in [3.63, 3.8) is 0 Å². The van der Waals surface area contributed by atoms with Crippen LogP contribution in [0.3, 0.4) is 0 Å². The van der Waals surface area contributed by atoms with E-state index in [1.807, 2.05) is 12.2 Å². The lowest BCUT2D eigenvalue weighted by atomic mass is 10.0. The van der Waals surface area contributed by atoms with E-state index in [0.717, 1.165) is 13.0 Å². The quantitative estimate of drug-likeness (QED) is 0.575. The molecule has 0 aromatic rings. The fourth-order valence-corrected chi connectivity index (χ4v) is 0.781. The maximum Gasteiger partial charge on any atom is 0.0162 e. The van der Waals surface area contributed by atoms with E-state index < -0.39 is 0 Å². The van der Waals surface area contributed by atoms with Crippen LogP contribution in [0.5, 0.6) is 0 Å². The van der Waals surface area contributed by atoms with E-state index in [2.05, 4.69) is 32.3 Å². The van der Waals surface area contributed by atoms with Gasteiger partial charge in [-0.05, 0) is 20.3 Å². The van der Waals surface area contributed by atoms with Crippen LogP contribution in [0.1, 0.15) is 20.3 Å². The molecule has 0 aliphatic rings. The largest absolute Gasteiger partial charge is 0.308 e. The van der Waals surface area contributed by atoms with Gasteiger partial charge in [-0.3, -0.25) is 0 Å². The zero-order valence-corrected chi connectivity index (χ0v) is 6.98. The highest BCUT2D eigenvalue weighted by Gasteiger charge is 2.12. The number of hydrogen-bond acceptors (Lipinski definition) is 1. The van der Waals surface area contributed by atoms with Crippen molar-refractivity contribution in [1.29, 1.82) is 0 Å². The SMILES string of the molecule is C=CCNC(C)(C)CC=C. The molecule has 1 nitrogen and oxygen atoms in total. The Balaban J connectivity index is 3.61. The Morgan fingerprint density at radius 1 is 1.30 bits per heavy atom. The van der Waals surface area contributed by atoms with E-state index in [-0.39, 0.29) is 5.54 Å². The van der Waals surface area contributed by atoms with Crippen molar-refractivity contribution in [2.24, 2.45) is 0 Å². The Bertz CT molecular complexity index is 114. The van der Waals surface area contributed by atoms with Gasteiger partial charge in [0.2, 0.25) is 0 Å². The summed E-state index contributed by atoms with van der Waals surface area (Å²) in [6.45, 7) is 12.5. The molecule has 0 radical (unpaired) electrons. The van der Waals surface area contributed by atoms with Gasteiger partial charge >= 0.3 is 0 Å². The van der Waals surface area contributed by atoms with E-state index >= 15 is 0 Å². The van der Waals surface area contributed by atoms with Gasteiger partial charge < -0.3 is 5.32 Å². The predicted molar refractivity (Wildman–Crippen MR) is 47.1 cm³/mol. The van der Waals surface area contributed by atoms with Crippen LogP contribution in [0.4, 0.5) is 0 Å². The third-order valence-electron chi connectivity index (χ3n) is 1.38. The molecule has 58 valence electrons. The van der Waals surface area contributed by atoms with E-state index in [1.54, 1.807) is 0 Å². The van der Waals surface area contributed by atoms with Gasteiger partial charge in [0.05, 0.1) is 0 Å². The molecule has 0 aromatic carbocycles. The second kappa shape index (κ2) is 4.29. The summed E-state index contributed by atoms with van der Waals surface area (Å²) in [6, 6.07) is 0. The van der Waals surface area contributed by atoms with Crippen LogP contribution in [-0.2, 0) is 0 Å². The van der Waals surface area contributed by atoms with Gasteiger partial charge in [-0.2, -0.15) is 0 Å². The normalized spacial score (nSPS) is 11.0. The Kier molecular flexibility index (Phi) is 4.05. The minimum Gasteiger partial charge on any atom is -0.308 e. The summed E-state index contributed by atoms with van der Waals surface area (Å²) >= 11 is 0. The van der Waals surface area contributed by atoms with Gasteiger partial charge in [0.1, 0.15) is 0 Å². The molecular weight excluding hydrogens is 122 g/mol. The molecule has 0 atom stereocenters. The monoisotopic (exact) mass is 139 g/mol. The summed E-state index contributed by atoms with van der Waals surface area (Å²) in [5, 5.41) is 3.32. The minimum atomic E-state index is 0.163. The van der Waals surface area contributed by atoms with Crippen LogP contribution in [0.15, 0.2) is 25.3 Å². The highest BCUT2D eigenvalue weighted by molar-refractivity contribution is 4.88. The second-order valence-corrected chi connectivity index (χ2v) is 3.05. The molecule has 0 saturated heterocycles. The Morgan fingerprint density at radius 3 is 2.30 bits per heavy atom.